The molecule has 100 valence electrons. The minimum Gasteiger partial charge on any atom is -0.397 e. The number of nitrogens with zero attached hydrogens (tertiary/aromatic N) is 1. The molecule has 0 amide bonds. The predicted molar refractivity (Wildman–Crippen MR) is 86.3 cm³/mol. The molecule has 2 N–H and O–H groups in total. The van der Waals surface area contributed by atoms with Crippen LogP contribution in [-0.2, 0) is 6.42 Å². The summed E-state index contributed by atoms with van der Waals surface area (Å²) in [6, 6.07) is 10.6. The lowest BCUT2D eigenvalue weighted by Gasteiger charge is -2.22. The van der Waals surface area contributed by atoms with Crippen LogP contribution in [0.2, 0.25) is 4.34 Å². The standard InChI is InChI=1S/C14H15ClN2S2/c15-14-11(16)9-13(18-14)19-17-8-4-3-6-10-5-1-2-7-12(10)17/h1-2,5,7,9H,3-4,6,8,16H2. The average Bonchev–Trinajstić information content (AvgIpc) is 2.62. The predicted octanol–water partition coefficient (Wildman–Crippen LogP) is 4.83. The first kappa shape index (κ1) is 13.2. The first-order valence-corrected chi connectivity index (χ1v) is 8.29. The van der Waals surface area contributed by atoms with Crippen molar-refractivity contribution in [3.63, 3.8) is 0 Å². The first-order valence-electron chi connectivity index (χ1n) is 6.32. The van der Waals surface area contributed by atoms with Gasteiger partial charge in [-0.25, -0.2) is 0 Å². The molecule has 1 aromatic carbocycles. The monoisotopic (exact) mass is 310 g/mol. The Kier molecular flexibility index (Phi) is 3.91. The molecular weight excluding hydrogens is 296 g/mol. The van der Waals surface area contributed by atoms with Crippen molar-refractivity contribution in [2.24, 2.45) is 0 Å². The highest BCUT2D eigenvalue weighted by molar-refractivity contribution is 8.02. The maximum atomic E-state index is 6.04. The number of rotatable bonds is 2. The van der Waals surface area contributed by atoms with E-state index < -0.39 is 0 Å². The molecule has 1 aliphatic rings. The van der Waals surface area contributed by atoms with Crippen molar-refractivity contribution >= 4 is 46.3 Å². The van der Waals surface area contributed by atoms with E-state index in [4.69, 9.17) is 17.3 Å². The van der Waals surface area contributed by atoms with Gasteiger partial charge in [0.25, 0.3) is 0 Å². The Labute approximate surface area is 126 Å². The fourth-order valence-electron chi connectivity index (χ4n) is 2.27. The van der Waals surface area contributed by atoms with Gasteiger partial charge in [-0.15, -0.1) is 11.3 Å². The van der Waals surface area contributed by atoms with Gasteiger partial charge in [-0.1, -0.05) is 29.8 Å². The van der Waals surface area contributed by atoms with Crippen LogP contribution in [0.5, 0.6) is 0 Å². The topological polar surface area (TPSA) is 29.3 Å². The van der Waals surface area contributed by atoms with Crippen LogP contribution in [0.3, 0.4) is 0 Å². The minimum absolute atomic E-state index is 0.678. The minimum atomic E-state index is 0.678. The number of para-hydroxylation sites is 1. The van der Waals surface area contributed by atoms with E-state index in [1.807, 2.05) is 6.07 Å². The smallest absolute Gasteiger partial charge is 0.117 e. The second-order valence-corrected chi connectivity index (χ2v) is 7.55. The molecule has 5 heteroatoms. The summed E-state index contributed by atoms with van der Waals surface area (Å²) < 4.78 is 4.20. The normalized spacial score (nSPS) is 15.1. The molecule has 1 aliphatic heterocycles. The number of nitrogens with two attached hydrogens (primary N) is 1. The van der Waals surface area contributed by atoms with Gasteiger partial charge in [0.05, 0.1) is 15.6 Å². The SMILES string of the molecule is Nc1cc(SN2CCCCc3ccccc32)sc1Cl. The molecule has 19 heavy (non-hydrogen) atoms. The van der Waals surface area contributed by atoms with Crippen molar-refractivity contribution in [3.05, 3.63) is 40.2 Å². The van der Waals surface area contributed by atoms with Crippen molar-refractivity contribution in [2.45, 2.75) is 23.5 Å². The third kappa shape index (κ3) is 2.86. The molecule has 0 aliphatic carbocycles. The van der Waals surface area contributed by atoms with Crippen molar-refractivity contribution in [1.82, 2.24) is 0 Å². The summed E-state index contributed by atoms with van der Waals surface area (Å²) >= 11 is 9.34. The summed E-state index contributed by atoms with van der Waals surface area (Å²) in [5.41, 5.74) is 9.26. The number of anilines is 2. The Balaban J connectivity index is 1.88. The number of fused-ring (bicyclic) bond motifs is 1. The maximum absolute atomic E-state index is 6.04. The van der Waals surface area contributed by atoms with Crippen molar-refractivity contribution < 1.29 is 0 Å². The molecule has 0 fully saturated rings. The van der Waals surface area contributed by atoms with E-state index in [0.717, 1.165) is 10.8 Å². The highest BCUT2D eigenvalue weighted by Gasteiger charge is 2.17. The van der Waals surface area contributed by atoms with Crippen LogP contribution in [0, 0.1) is 0 Å². The van der Waals surface area contributed by atoms with Crippen LogP contribution < -0.4 is 10.0 Å². The number of nitrogen functional groups attached to an aromatic ring is 1. The van der Waals surface area contributed by atoms with Gasteiger partial charge in [-0.2, -0.15) is 0 Å². The zero-order chi connectivity index (χ0) is 13.2. The van der Waals surface area contributed by atoms with E-state index in [1.165, 1.54) is 30.5 Å². The molecule has 2 heterocycles. The molecule has 0 spiro atoms. The lowest BCUT2D eigenvalue weighted by molar-refractivity contribution is 0.773. The molecule has 0 unspecified atom stereocenters. The van der Waals surface area contributed by atoms with Gasteiger partial charge in [0.15, 0.2) is 0 Å². The second kappa shape index (κ2) is 5.65. The molecule has 0 radical (unpaired) electrons. The number of thiophene rings is 1. The first-order chi connectivity index (χ1) is 9.24. The van der Waals surface area contributed by atoms with Crippen molar-refractivity contribution in [3.8, 4) is 0 Å². The lowest BCUT2D eigenvalue weighted by Crippen LogP contribution is -2.14. The number of halogens is 1. The van der Waals surface area contributed by atoms with Crippen LogP contribution in [0.4, 0.5) is 11.4 Å². The highest BCUT2D eigenvalue weighted by Crippen LogP contribution is 2.41. The molecule has 0 saturated heterocycles. The Bertz CT molecular complexity index is 563. The fourth-order valence-corrected chi connectivity index (χ4v) is 4.81. The number of hydrogen-bond donors (Lipinski definition) is 1. The molecule has 0 bridgehead atoms. The van der Waals surface area contributed by atoms with Crippen LogP contribution in [-0.4, -0.2) is 6.54 Å². The van der Waals surface area contributed by atoms with Gasteiger partial charge in [0.2, 0.25) is 0 Å². The summed E-state index contributed by atoms with van der Waals surface area (Å²) in [5, 5.41) is 0. The highest BCUT2D eigenvalue weighted by atomic mass is 35.5. The third-order valence-corrected chi connectivity index (χ3v) is 5.76. The largest absolute Gasteiger partial charge is 0.397 e. The van der Waals surface area contributed by atoms with Crippen LogP contribution in [0.15, 0.2) is 34.5 Å². The van der Waals surface area contributed by atoms with Crippen molar-refractivity contribution in [1.29, 1.82) is 0 Å². The third-order valence-electron chi connectivity index (χ3n) is 3.21. The van der Waals surface area contributed by atoms with Gasteiger partial charge in [-0.05, 0) is 48.9 Å². The summed E-state index contributed by atoms with van der Waals surface area (Å²) in [6.07, 6.45) is 3.64. The van der Waals surface area contributed by atoms with E-state index in [0.29, 0.717) is 10.0 Å². The molecular formula is C14H15ClN2S2. The van der Waals surface area contributed by atoms with Crippen LogP contribution in [0.1, 0.15) is 18.4 Å². The zero-order valence-corrected chi connectivity index (χ0v) is 12.8. The molecule has 2 nitrogen and oxygen atoms in total. The fraction of sp³-hybridized carbons (Fsp3) is 0.286. The molecule has 2 aromatic rings. The van der Waals surface area contributed by atoms with Gasteiger partial charge >= 0.3 is 0 Å². The number of benzene rings is 1. The van der Waals surface area contributed by atoms with Gasteiger partial charge < -0.3 is 10.0 Å². The number of hydrogen-bond acceptors (Lipinski definition) is 4. The Morgan fingerprint density at radius 1 is 1.26 bits per heavy atom. The summed E-state index contributed by atoms with van der Waals surface area (Å²) in [7, 11) is 0. The van der Waals surface area contributed by atoms with Crippen LogP contribution in [0.25, 0.3) is 0 Å². The average molecular weight is 311 g/mol. The van der Waals surface area contributed by atoms with Gasteiger partial charge in [0.1, 0.15) is 4.34 Å². The van der Waals surface area contributed by atoms with E-state index in [2.05, 4.69) is 28.6 Å². The van der Waals surface area contributed by atoms with Gasteiger partial charge in [0, 0.05) is 6.54 Å². The molecule has 0 atom stereocenters. The lowest BCUT2D eigenvalue weighted by atomic mass is 10.1. The Hall–Kier alpha value is -0.840. The Morgan fingerprint density at radius 2 is 2.11 bits per heavy atom. The Morgan fingerprint density at radius 3 is 2.89 bits per heavy atom. The summed E-state index contributed by atoms with van der Waals surface area (Å²) in [4.78, 5) is 0. The second-order valence-electron chi connectivity index (χ2n) is 4.57. The number of aryl methyl sites for hydroxylation is 1. The summed E-state index contributed by atoms with van der Waals surface area (Å²) in [6.45, 7) is 1.07. The zero-order valence-electron chi connectivity index (χ0n) is 10.4. The van der Waals surface area contributed by atoms with E-state index >= 15 is 0 Å². The van der Waals surface area contributed by atoms with E-state index in [-0.39, 0.29) is 0 Å². The molecule has 3 rings (SSSR count). The molecule has 1 aromatic heterocycles. The van der Waals surface area contributed by atoms with Crippen LogP contribution >= 0.6 is 34.9 Å². The van der Waals surface area contributed by atoms with E-state index in [1.54, 1.807) is 23.3 Å². The quantitative estimate of drug-likeness (QED) is 0.805. The van der Waals surface area contributed by atoms with Crippen molar-refractivity contribution in [2.75, 3.05) is 16.6 Å². The van der Waals surface area contributed by atoms with Gasteiger partial charge in [-0.3, -0.25) is 0 Å². The maximum Gasteiger partial charge on any atom is 0.117 e. The van der Waals surface area contributed by atoms with E-state index in [9.17, 15) is 0 Å². The summed E-state index contributed by atoms with van der Waals surface area (Å²) in [5.74, 6) is 0. The molecule has 0 saturated carbocycles.